The predicted molar refractivity (Wildman–Crippen MR) is 64.9 cm³/mol. The Labute approximate surface area is 108 Å². The third-order valence-electron chi connectivity index (χ3n) is 2.75. The van der Waals surface area contributed by atoms with E-state index in [0.717, 1.165) is 13.1 Å². The van der Waals surface area contributed by atoms with Gasteiger partial charge >= 0.3 is 0 Å². The molecule has 2 rings (SSSR count). The molecule has 3 nitrogen and oxygen atoms in total. The molecular weight excluding hydrogens is 287 g/mol. The van der Waals surface area contributed by atoms with E-state index in [2.05, 4.69) is 20.8 Å². The summed E-state index contributed by atoms with van der Waals surface area (Å²) in [6.45, 7) is 3.50. The number of nitrogens with zero attached hydrogens (tertiary/aromatic N) is 2. The van der Waals surface area contributed by atoms with E-state index in [4.69, 9.17) is 10.00 Å². The van der Waals surface area contributed by atoms with E-state index in [-0.39, 0.29) is 5.82 Å². The second-order valence-corrected chi connectivity index (χ2v) is 4.78. The number of ether oxygens (including phenoxy) is 1. The Bertz CT molecular complexity index is 453. The van der Waals surface area contributed by atoms with Crippen molar-refractivity contribution >= 4 is 15.9 Å². The Morgan fingerprint density at radius 2 is 2.12 bits per heavy atom. The van der Waals surface area contributed by atoms with Crippen LogP contribution in [0.4, 0.5) is 4.39 Å². The predicted octanol–water partition coefficient (Wildman–Crippen LogP) is 2.29. The smallest absolute Gasteiger partial charge is 0.128 e. The summed E-state index contributed by atoms with van der Waals surface area (Å²) in [5, 5.41) is 8.90. The zero-order valence-electron chi connectivity index (χ0n) is 9.25. The molecule has 5 heteroatoms. The normalized spacial score (nSPS) is 16.8. The maximum atomic E-state index is 13.7. The number of halogens is 2. The van der Waals surface area contributed by atoms with Crippen LogP contribution in [-0.4, -0.2) is 31.2 Å². The van der Waals surface area contributed by atoms with Crippen LogP contribution in [0.3, 0.4) is 0 Å². The van der Waals surface area contributed by atoms with Gasteiger partial charge < -0.3 is 4.74 Å². The van der Waals surface area contributed by atoms with Crippen LogP contribution in [0.5, 0.6) is 0 Å². The molecule has 1 aromatic rings. The van der Waals surface area contributed by atoms with Gasteiger partial charge in [-0.2, -0.15) is 5.26 Å². The minimum Gasteiger partial charge on any atom is -0.379 e. The third-order valence-corrected chi connectivity index (χ3v) is 3.41. The first-order chi connectivity index (χ1) is 8.20. The summed E-state index contributed by atoms with van der Waals surface area (Å²) in [5.41, 5.74) is 1.03. The monoisotopic (exact) mass is 298 g/mol. The van der Waals surface area contributed by atoms with Gasteiger partial charge in [-0.05, 0) is 28.1 Å². The number of benzene rings is 1. The lowest BCUT2D eigenvalue weighted by Gasteiger charge is -2.26. The highest BCUT2D eigenvalue weighted by atomic mass is 79.9. The molecule has 0 saturated carbocycles. The SMILES string of the molecule is N#Cc1cc(CN2CCOCC2)c(F)cc1Br. The summed E-state index contributed by atoms with van der Waals surface area (Å²) in [6, 6.07) is 5.00. The van der Waals surface area contributed by atoms with Crippen molar-refractivity contribution in [2.45, 2.75) is 6.54 Å². The topological polar surface area (TPSA) is 36.3 Å². The second kappa shape index (κ2) is 5.58. The molecule has 0 atom stereocenters. The summed E-state index contributed by atoms with van der Waals surface area (Å²) in [5.74, 6) is -0.276. The average molecular weight is 299 g/mol. The molecule has 1 aromatic carbocycles. The van der Waals surface area contributed by atoms with Gasteiger partial charge in [0, 0.05) is 29.7 Å². The molecule has 0 unspecified atom stereocenters. The number of rotatable bonds is 2. The van der Waals surface area contributed by atoms with Gasteiger partial charge in [0.05, 0.1) is 18.8 Å². The van der Waals surface area contributed by atoms with Crippen LogP contribution in [0.25, 0.3) is 0 Å². The van der Waals surface area contributed by atoms with Gasteiger partial charge in [-0.1, -0.05) is 0 Å². The van der Waals surface area contributed by atoms with Crippen LogP contribution in [0.2, 0.25) is 0 Å². The van der Waals surface area contributed by atoms with Crippen molar-refractivity contribution in [2.24, 2.45) is 0 Å². The number of hydrogen-bond donors (Lipinski definition) is 0. The molecule has 17 heavy (non-hydrogen) atoms. The molecule has 1 aliphatic heterocycles. The van der Waals surface area contributed by atoms with Crippen LogP contribution in [0, 0.1) is 17.1 Å². The van der Waals surface area contributed by atoms with Gasteiger partial charge in [-0.25, -0.2) is 4.39 Å². The largest absolute Gasteiger partial charge is 0.379 e. The van der Waals surface area contributed by atoms with E-state index in [9.17, 15) is 4.39 Å². The Morgan fingerprint density at radius 1 is 1.41 bits per heavy atom. The lowest BCUT2D eigenvalue weighted by molar-refractivity contribution is 0.0337. The van der Waals surface area contributed by atoms with Crippen LogP contribution in [0.15, 0.2) is 16.6 Å². The lowest BCUT2D eigenvalue weighted by atomic mass is 10.1. The summed E-state index contributed by atoms with van der Waals surface area (Å²) in [7, 11) is 0. The molecule has 1 saturated heterocycles. The molecule has 0 radical (unpaired) electrons. The third kappa shape index (κ3) is 3.03. The summed E-state index contributed by atoms with van der Waals surface area (Å²) >= 11 is 3.17. The van der Waals surface area contributed by atoms with E-state index in [1.807, 2.05) is 6.07 Å². The first-order valence-corrected chi connectivity index (χ1v) is 6.18. The van der Waals surface area contributed by atoms with E-state index in [1.165, 1.54) is 6.07 Å². The lowest BCUT2D eigenvalue weighted by Crippen LogP contribution is -2.35. The number of nitriles is 1. The Hall–Kier alpha value is -0.960. The summed E-state index contributed by atoms with van der Waals surface area (Å²) < 4.78 is 19.5. The Balaban J connectivity index is 2.17. The minimum atomic E-state index is -0.276. The quantitative estimate of drug-likeness (QED) is 0.840. The highest BCUT2D eigenvalue weighted by Crippen LogP contribution is 2.22. The Morgan fingerprint density at radius 3 is 2.76 bits per heavy atom. The molecule has 90 valence electrons. The molecule has 0 aromatic heterocycles. The average Bonchev–Trinajstić information content (AvgIpc) is 2.34. The van der Waals surface area contributed by atoms with Gasteiger partial charge in [0.1, 0.15) is 11.9 Å². The van der Waals surface area contributed by atoms with Crippen molar-refractivity contribution < 1.29 is 9.13 Å². The zero-order valence-corrected chi connectivity index (χ0v) is 10.8. The maximum absolute atomic E-state index is 13.7. The fraction of sp³-hybridized carbons (Fsp3) is 0.417. The molecule has 0 spiro atoms. The second-order valence-electron chi connectivity index (χ2n) is 3.92. The van der Waals surface area contributed by atoms with Gasteiger partial charge in [0.15, 0.2) is 0 Å². The van der Waals surface area contributed by atoms with Crippen LogP contribution < -0.4 is 0 Å². The Kier molecular flexibility index (Phi) is 4.11. The number of hydrogen-bond acceptors (Lipinski definition) is 3. The fourth-order valence-corrected chi connectivity index (χ4v) is 2.20. The van der Waals surface area contributed by atoms with Gasteiger partial charge in [-0.3, -0.25) is 4.90 Å². The molecule has 1 aliphatic rings. The van der Waals surface area contributed by atoms with Crippen molar-refractivity contribution in [1.82, 2.24) is 4.90 Å². The number of morpholine rings is 1. The van der Waals surface area contributed by atoms with E-state index in [1.54, 1.807) is 6.07 Å². The first-order valence-electron chi connectivity index (χ1n) is 5.39. The highest BCUT2D eigenvalue weighted by Gasteiger charge is 2.14. The van der Waals surface area contributed by atoms with Crippen molar-refractivity contribution in [3.05, 3.63) is 33.5 Å². The molecule has 0 bridgehead atoms. The molecular formula is C12H12BrFN2O. The van der Waals surface area contributed by atoms with Gasteiger partial charge in [-0.15, -0.1) is 0 Å². The highest BCUT2D eigenvalue weighted by molar-refractivity contribution is 9.10. The van der Waals surface area contributed by atoms with Gasteiger partial charge in [0.2, 0.25) is 0 Å². The molecule has 1 fully saturated rings. The van der Waals surface area contributed by atoms with E-state index < -0.39 is 0 Å². The zero-order chi connectivity index (χ0) is 12.3. The molecule has 1 heterocycles. The fourth-order valence-electron chi connectivity index (χ4n) is 1.80. The van der Waals surface area contributed by atoms with Crippen LogP contribution >= 0.6 is 15.9 Å². The van der Waals surface area contributed by atoms with Crippen molar-refractivity contribution in [1.29, 1.82) is 5.26 Å². The van der Waals surface area contributed by atoms with Crippen molar-refractivity contribution in [3.63, 3.8) is 0 Å². The summed E-state index contributed by atoms with van der Waals surface area (Å²) in [4.78, 5) is 2.12. The molecule has 0 N–H and O–H groups in total. The molecule has 0 amide bonds. The standard InChI is InChI=1S/C12H12BrFN2O/c13-11-6-12(14)10(5-9(11)7-15)8-16-1-3-17-4-2-16/h5-6H,1-4,8H2. The van der Waals surface area contributed by atoms with Crippen molar-refractivity contribution in [3.8, 4) is 6.07 Å². The van der Waals surface area contributed by atoms with Crippen molar-refractivity contribution in [2.75, 3.05) is 26.3 Å². The first kappa shape index (κ1) is 12.5. The molecule has 0 aliphatic carbocycles. The summed E-state index contributed by atoms with van der Waals surface area (Å²) in [6.07, 6.45) is 0. The van der Waals surface area contributed by atoms with Gasteiger partial charge in [0.25, 0.3) is 0 Å². The van der Waals surface area contributed by atoms with E-state index in [0.29, 0.717) is 35.4 Å². The van der Waals surface area contributed by atoms with Crippen LogP contribution in [-0.2, 0) is 11.3 Å². The minimum absolute atomic E-state index is 0.276. The maximum Gasteiger partial charge on any atom is 0.128 e. The van der Waals surface area contributed by atoms with E-state index >= 15 is 0 Å². The van der Waals surface area contributed by atoms with Crippen LogP contribution in [0.1, 0.15) is 11.1 Å².